The highest BCUT2D eigenvalue weighted by atomic mass is 16.5. The van der Waals surface area contributed by atoms with Crippen LogP contribution in [0.4, 0.5) is 0 Å². The van der Waals surface area contributed by atoms with Crippen molar-refractivity contribution in [2.75, 3.05) is 6.61 Å². The molecule has 2 N–H and O–H groups in total. The van der Waals surface area contributed by atoms with E-state index in [1.54, 1.807) is 25.1 Å². The van der Waals surface area contributed by atoms with Crippen LogP contribution in [0.1, 0.15) is 6.92 Å². The molecule has 0 saturated heterocycles. The van der Waals surface area contributed by atoms with Gasteiger partial charge in [-0.25, -0.2) is 0 Å². The maximum Gasteiger partial charge on any atom is 0.161 e. The number of aliphatic hydroxyl groups excluding tert-OH is 1. The number of ether oxygens (including phenoxy) is 1. The van der Waals surface area contributed by atoms with Crippen molar-refractivity contribution in [3.63, 3.8) is 0 Å². The first kappa shape index (κ1) is 8.87. The first-order valence-electron chi connectivity index (χ1n) is 3.79. The highest BCUT2D eigenvalue weighted by molar-refractivity contribution is 5.37. The SMILES string of the molecule is CC(O)COc1ccccc1O. The molecule has 1 atom stereocenters. The minimum absolute atomic E-state index is 0.0955. The molecule has 3 nitrogen and oxygen atoms in total. The van der Waals surface area contributed by atoms with E-state index in [0.29, 0.717) is 5.75 Å². The fourth-order valence-electron chi connectivity index (χ4n) is 0.790. The average molecular weight is 168 g/mol. The van der Waals surface area contributed by atoms with Crippen molar-refractivity contribution in [2.45, 2.75) is 13.0 Å². The van der Waals surface area contributed by atoms with Crippen LogP contribution in [0.15, 0.2) is 24.3 Å². The van der Waals surface area contributed by atoms with Crippen LogP contribution in [0.25, 0.3) is 0 Å². The number of benzene rings is 1. The fraction of sp³-hybridized carbons (Fsp3) is 0.333. The molecule has 1 rings (SSSR count). The lowest BCUT2D eigenvalue weighted by molar-refractivity contribution is 0.121. The topological polar surface area (TPSA) is 49.7 Å². The smallest absolute Gasteiger partial charge is 0.161 e. The van der Waals surface area contributed by atoms with Gasteiger partial charge in [0.05, 0.1) is 6.10 Å². The van der Waals surface area contributed by atoms with Gasteiger partial charge in [-0.1, -0.05) is 12.1 Å². The molecule has 0 saturated carbocycles. The lowest BCUT2D eigenvalue weighted by Crippen LogP contribution is -2.12. The summed E-state index contributed by atoms with van der Waals surface area (Å²) in [7, 11) is 0. The van der Waals surface area contributed by atoms with Gasteiger partial charge in [-0.15, -0.1) is 0 Å². The van der Waals surface area contributed by atoms with Crippen LogP contribution in [0, 0.1) is 0 Å². The third kappa shape index (κ3) is 2.43. The van der Waals surface area contributed by atoms with Crippen molar-refractivity contribution < 1.29 is 14.9 Å². The summed E-state index contributed by atoms with van der Waals surface area (Å²) in [5, 5.41) is 18.1. The van der Waals surface area contributed by atoms with Gasteiger partial charge in [-0.05, 0) is 19.1 Å². The van der Waals surface area contributed by atoms with Crippen LogP contribution in [0.2, 0.25) is 0 Å². The van der Waals surface area contributed by atoms with E-state index < -0.39 is 6.10 Å². The Kier molecular flexibility index (Phi) is 2.94. The van der Waals surface area contributed by atoms with Gasteiger partial charge in [-0.2, -0.15) is 0 Å². The second-order valence-corrected chi connectivity index (χ2v) is 2.63. The molecule has 0 bridgehead atoms. The van der Waals surface area contributed by atoms with Crippen LogP contribution < -0.4 is 4.74 Å². The highest BCUT2D eigenvalue weighted by Crippen LogP contribution is 2.24. The standard InChI is InChI=1S/C9H12O3/c1-7(10)6-12-9-5-3-2-4-8(9)11/h2-5,7,10-11H,6H2,1H3. The summed E-state index contributed by atoms with van der Waals surface area (Å²) in [4.78, 5) is 0. The van der Waals surface area contributed by atoms with Gasteiger partial charge in [0.1, 0.15) is 6.61 Å². The van der Waals surface area contributed by atoms with Gasteiger partial charge in [-0.3, -0.25) is 0 Å². The van der Waals surface area contributed by atoms with Gasteiger partial charge in [0.2, 0.25) is 0 Å². The Bertz CT molecular complexity index is 245. The summed E-state index contributed by atoms with van der Waals surface area (Å²) in [6, 6.07) is 6.66. The van der Waals surface area contributed by atoms with E-state index in [9.17, 15) is 5.11 Å². The molecular weight excluding hydrogens is 156 g/mol. The van der Waals surface area contributed by atoms with Crippen molar-refractivity contribution >= 4 is 0 Å². The van der Waals surface area contributed by atoms with Crippen molar-refractivity contribution in [3.05, 3.63) is 24.3 Å². The van der Waals surface area contributed by atoms with Gasteiger partial charge in [0.15, 0.2) is 11.5 Å². The molecule has 0 aromatic heterocycles. The Hall–Kier alpha value is -1.22. The maximum atomic E-state index is 9.22. The van der Waals surface area contributed by atoms with Crippen molar-refractivity contribution in [1.29, 1.82) is 0 Å². The molecule has 0 aliphatic carbocycles. The zero-order valence-corrected chi connectivity index (χ0v) is 6.90. The first-order chi connectivity index (χ1) is 5.70. The molecule has 1 unspecified atom stereocenters. The molecule has 0 radical (unpaired) electrons. The summed E-state index contributed by atoms with van der Waals surface area (Å²) in [6.07, 6.45) is -0.524. The highest BCUT2D eigenvalue weighted by Gasteiger charge is 2.01. The monoisotopic (exact) mass is 168 g/mol. The van der Waals surface area contributed by atoms with E-state index in [1.807, 2.05) is 0 Å². The quantitative estimate of drug-likeness (QED) is 0.711. The van der Waals surface area contributed by atoms with Crippen LogP contribution in [0.3, 0.4) is 0 Å². The number of phenolic OH excluding ortho intramolecular Hbond substituents is 1. The molecule has 0 aliphatic heterocycles. The normalized spacial score (nSPS) is 12.5. The zero-order valence-electron chi connectivity index (χ0n) is 6.90. The lowest BCUT2D eigenvalue weighted by atomic mass is 10.3. The number of hydrogen-bond acceptors (Lipinski definition) is 3. The molecule has 3 heteroatoms. The molecule has 0 heterocycles. The summed E-state index contributed by atoms with van der Waals surface area (Å²) in [6.45, 7) is 1.82. The van der Waals surface area contributed by atoms with E-state index in [-0.39, 0.29) is 12.4 Å². The van der Waals surface area contributed by atoms with Crippen LogP contribution in [-0.4, -0.2) is 22.9 Å². The van der Waals surface area contributed by atoms with Crippen molar-refractivity contribution in [1.82, 2.24) is 0 Å². The van der Waals surface area contributed by atoms with Gasteiger partial charge in [0, 0.05) is 0 Å². The Balaban J connectivity index is 2.57. The molecule has 1 aromatic carbocycles. The second-order valence-electron chi connectivity index (χ2n) is 2.63. The van der Waals surface area contributed by atoms with Gasteiger partial charge in [0.25, 0.3) is 0 Å². The average Bonchev–Trinajstić information content (AvgIpc) is 2.03. The molecule has 0 fully saturated rings. The largest absolute Gasteiger partial charge is 0.504 e. The van der Waals surface area contributed by atoms with Gasteiger partial charge >= 0.3 is 0 Å². The fourth-order valence-corrected chi connectivity index (χ4v) is 0.790. The molecule has 1 aromatic rings. The molecule has 66 valence electrons. The number of para-hydroxylation sites is 2. The Labute approximate surface area is 71.2 Å². The predicted molar refractivity (Wildman–Crippen MR) is 45.3 cm³/mol. The Morgan fingerprint density at radius 1 is 1.42 bits per heavy atom. The zero-order chi connectivity index (χ0) is 8.97. The minimum Gasteiger partial charge on any atom is -0.504 e. The number of aromatic hydroxyl groups is 1. The van der Waals surface area contributed by atoms with Crippen LogP contribution in [0.5, 0.6) is 11.5 Å². The molecule has 0 spiro atoms. The molecule has 0 aliphatic rings. The number of phenols is 1. The van der Waals surface area contributed by atoms with Crippen molar-refractivity contribution in [3.8, 4) is 11.5 Å². The second kappa shape index (κ2) is 3.97. The molecule has 0 amide bonds. The summed E-state index contributed by atoms with van der Waals surface area (Å²) < 4.78 is 5.10. The Morgan fingerprint density at radius 3 is 2.67 bits per heavy atom. The van der Waals surface area contributed by atoms with Gasteiger partial charge < -0.3 is 14.9 Å². The van der Waals surface area contributed by atoms with Crippen LogP contribution >= 0.6 is 0 Å². The Morgan fingerprint density at radius 2 is 2.08 bits per heavy atom. The van der Waals surface area contributed by atoms with E-state index in [2.05, 4.69) is 0 Å². The van der Waals surface area contributed by atoms with E-state index in [0.717, 1.165) is 0 Å². The van der Waals surface area contributed by atoms with E-state index >= 15 is 0 Å². The van der Waals surface area contributed by atoms with E-state index in [1.165, 1.54) is 6.07 Å². The predicted octanol–water partition coefficient (Wildman–Crippen LogP) is 1.15. The minimum atomic E-state index is -0.524. The van der Waals surface area contributed by atoms with E-state index in [4.69, 9.17) is 9.84 Å². The third-order valence-electron chi connectivity index (χ3n) is 1.35. The summed E-state index contributed by atoms with van der Waals surface area (Å²) in [5.41, 5.74) is 0. The lowest BCUT2D eigenvalue weighted by Gasteiger charge is -2.08. The third-order valence-corrected chi connectivity index (χ3v) is 1.35. The number of rotatable bonds is 3. The van der Waals surface area contributed by atoms with Crippen LogP contribution in [-0.2, 0) is 0 Å². The number of aliphatic hydroxyl groups is 1. The summed E-state index contributed by atoms with van der Waals surface area (Å²) in [5.74, 6) is 0.497. The van der Waals surface area contributed by atoms with Crippen molar-refractivity contribution in [2.24, 2.45) is 0 Å². The molecular formula is C9H12O3. The number of hydrogen-bond donors (Lipinski definition) is 2. The summed E-state index contributed by atoms with van der Waals surface area (Å²) >= 11 is 0. The maximum absolute atomic E-state index is 9.22. The molecule has 12 heavy (non-hydrogen) atoms. The first-order valence-corrected chi connectivity index (χ1v) is 3.79.